The molecule has 2 atom stereocenters. The Bertz CT molecular complexity index is 680. The van der Waals surface area contributed by atoms with Gasteiger partial charge in [-0.3, -0.25) is 14.4 Å². The molecule has 23 heavy (non-hydrogen) atoms. The van der Waals surface area contributed by atoms with Gasteiger partial charge in [0.2, 0.25) is 18.6 Å². The molecule has 0 saturated carbocycles. The predicted molar refractivity (Wildman–Crippen MR) is 76.9 cm³/mol. The van der Waals surface area contributed by atoms with Crippen LogP contribution in [0.25, 0.3) is 0 Å². The van der Waals surface area contributed by atoms with Crippen LogP contribution in [0.5, 0.6) is 11.5 Å². The van der Waals surface area contributed by atoms with E-state index in [9.17, 15) is 14.4 Å². The van der Waals surface area contributed by atoms with E-state index >= 15 is 0 Å². The van der Waals surface area contributed by atoms with Crippen molar-refractivity contribution in [1.29, 1.82) is 0 Å². The second kappa shape index (κ2) is 5.15. The Labute approximate surface area is 131 Å². The fraction of sp³-hybridized carbons (Fsp3) is 0.400. The van der Waals surface area contributed by atoms with Crippen molar-refractivity contribution in [3.63, 3.8) is 0 Å². The number of amides is 3. The molecule has 1 aromatic rings. The minimum atomic E-state index is -0.488. The summed E-state index contributed by atoms with van der Waals surface area (Å²) < 4.78 is 10.5. The van der Waals surface area contributed by atoms with E-state index < -0.39 is 6.04 Å². The topological polar surface area (TPSA) is 97.0 Å². The van der Waals surface area contributed by atoms with Gasteiger partial charge in [0, 0.05) is 18.2 Å². The number of nitrogens with zero attached hydrogens (tertiary/aromatic N) is 1. The van der Waals surface area contributed by atoms with Crippen molar-refractivity contribution in [2.75, 3.05) is 19.9 Å². The third-order valence-electron chi connectivity index (χ3n) is 4.31. The zero-order valence-electron chi connectivity index (χ0n) is 12.2. The van der Waals surface area contributed by atoms with Crippen molar-refractivity contribution in [2.24, 2.45) is 0 Å². The number of ether oxygens (including phenoxy) is 2. The predicted octanol–water partition coefficient (Wildman–Crippen LogP) is -0.756. The lowest BCUT2D eigenvalue weighted by Crippen LogP contribution is -2.55. The van der Waals surface area contributed by atoms with Crippen LogP contribution in [-0.4, -0.2) is 54.6 Å². The first-order valence-corrected chi connectivity index (χ1v) is 7.39. The molecule has 0 aliphatic carbocycles. The van der Waals surface area contributed by atoms with Gasteiger partial charge in [0.05, 0.1) is 6.54 Å². The van der Waals surface area contributed by atoms with E-state index in [4.69, 9.17) is 9.47 Å². The largest absolute Gasteiger partial charge is 0.454 e. The van der Waals surface area contributed by atoms with E-state index in [-0.39, 0.29) is 37.1 Å². The molecule has 8 nitrogen and oxygen atoms in total. The minimum absolute atomic E-state index is 0.0260. The van der Waals surface area contributed by atoms with Crippen LogP contribution in [0.1, 0.15) is 16.8 Å². The van der Waals surface area contributed by atoms with Gasteiger partial charge in [-0.05, 0) is 24.6 Å². The SMILES string of the molecule is O=C(N[C@@H]1C[C@H]2C(=O)NCC(=O)N2C1)c1ccc2c(c1)OCO2. The van der Waals surface area contributed by atoms with E-state index in [1.54, 1.807) is 18.2 Å². The third-order valence-corrected chi connectivity index (χ3v) is 4.31. The Morgan fingerprint density at radius 1 is 1.26 bits per heavy atom. The molecule has 0 aromatic heterocycles. The minimum Gasteiger partial charge on any atom is -0.454 e. The second-order valence-corrected chi connectivity index (χ2v) is 5.75. The van der Waals surface area contributed by atoms with Crippen LogP contribution in [0.15, 0.2) is 18.2 Å². The van der Waals surface area contributed by atoms with Crippen LogP contribution < -0.4 is 20.1 Å². The second-order valence-electron chi connectivity index (χ2n) is 5.75. The highest BCUT2D eigenvalue weighted by Crippen LogP contribution is 2.32. The summed E-state index contributed by atoms with van der Waals surface area (Å²) >= 11 is 0. The Balaban J connectivity index is 1.45. The highest BCUT2D eigenvalue weighted by atomic mass is 16.7. The number of carbonyl (C=O) groups excluding carboxylic acids is 3. The summed E-state index contributed by atoms with van der Waals surface area (Å²) in [5, 5.41) is 5.44. The molecular weight excluding hydrogens is 302 g/mol. The lowest BCUT2D eigenvalue weighted by atomic mass is 10.1. The summed E-state index contributed by atoms with van der Waals surface area (Å²) in [6.07, 6.45) is 0.424. The molecule has 3 aliphatic rings. The summed E-state index contributed by atoms with van der Waals surface area (Å²) in [7, 11) is 0. The number of nitrogens with one attached hydrogen (secondary N) is 2. The summed E-state index contributed by atoms with van der Waals surface area (Å²) in [6, 6.07) is 4.23. The quantitative estimate of drug-likeness (QED) is 0.748. The smallest absolute Gasteiger partial charge is 0.251 e. The molecule has 2 fully saturated rings. The van der Waals surface area contributed by atoms with Gasteiger partial charge in [0.1, 0.15) is 6.04 Å². The molecule has 120 valence electrons. The van der Waals surface area contributed by atoms with Crippen molar-refractivity contribution in [2.45, 2.75) is 18.5 Å². The maximum absolute atomic E-state index is 12.4. The first-order valence-electron chi connectivity index (χ1n) is 7.39. The summed E-state index contributed by atoms with van der Waals surface area (Å²) in [5.74, 6) is 0.609. The van der Waals surface area contributed by atoms with Gasteiger partial charge in [-0.15, -0.1) is 0 Å². The normalized spacial score (nSPS) is 25.1. The van der Waals surface area contributed by atoms with E-state index in [1.807, 2.05) is 0 Å². The van der Waals surface area contributed by atoms with Crippen molar-refractivity contribution in [1.82, 2.24) is 15.5 Å². The van der Waals surface area contributed by atoms with E-state index in [0.29, 0.717) is 30.0 Å². The first-order chi connectivity index (χ1) is 11.1. The molecule has 1 aromatic carbocycles. The molecule has 0 radical (unpaired) electrons. The van der Waals surface area contributed by atoms with Gasteiger partial charge < -0.3 is 25.0 Å². The number of benzene rings is 1. The van der Waals surface area contributed by atoms with Crippen LogP contribution >= 0.6 is 0 Å². The number of hydrogen-bond donors (Lipinski definition) is 2. The maximum atomic E-state index is 12.4. The van der Waals surface area contributed by atoms with E-state index in [2.05, 4.69) is 10.6 Å². The molecule has 4 rings (SSSR count). The lowest BCUT2D eigenvalue weighted by Gasteiger charge is -2.28. The Hall–Kier alpha value is -2.77. The van der Waals surface area contributed by atoms with Gasteiger partial charge in [0.25, 0.3) is 5.91 Å². The standard InChI is InChI=1S/C15H15N3O5/c19-13-5-16-15(21)10-4-9(6-18(10)13)17-14(20)8-1-2-11-12(3-8)23-7-22-11/h1-3,9-10H,4-7H2,(H,16,21)(H,17,20)/t9-,10+/m1/s1. The number of rotatable bonds is 2. The van der Waals surface area contributed by atoms with Crippen LogP contribution in [-0.2, 0) is 9.59 Å². The molecule has 2 saturated heterocycles. The molecule has 2 N–H and O–H groups in total. The van der Waals surface area contributed by atoms with Crippen molar-refractivity contribution < 1.29 is 23.9 Å². The summed E-state index contributed by atoms with van der Waals surface area (Å²) in [6.45, 7) is 0.530. The van der Waals surface area contributed by atoms with E-state index in [1.165, 1.54) is 4.90 Å². The molecule has 3 amide bonds. The zero-order valence-corrected chi connectivity index (χ0v) is 12.2. The van der Waals surface area contributed by atoms with Crippen LogP contribution in [0.3, 0.4) is 0 Å². The summed E-state index contributed by atoms with van der Waals surface area (Å²) in [4.78, 5) is 37.5. The molecule has 0 bridgehead atoms. The van der Waals surface area contributed by atoms with Crippen molar-refractivity contribution >= 4 is 17.7 Å². The molecule has 0 unspecified atom stereocenters. The third kappa shape index (κ3) is 2.36. The number of fused-ring (bicyclic) bond motifs is 2. The van der Waals surface area contributed by atoms with Crippen molar-refractivity contribution in [3.05, 3.63) is 23.8 Å². The fourth-order valence-corrected chi connectivity index (χ4v) is 3.15. The van der Waals surface area contributed by atoms with Crippen LogP contribution in [0, 0.1) is 0 Å². The number of carbonyl (C=O) groups is 3. The highest BCUT2D eigenvalue weighted by Gasteiger charge is 2.42. The van der Waals surface area contributed by atoms with E-state index in [0.717, 1.165) is 0 Å². The molecule has 3 aliphatic heterocycles. The van der Waals surface area contributed by atoms with Gasteiger partial charge >= 0.3 is 0 Å². The molecule has 3 heterocycles. The Morgan fingerprint density at radius 2 is 2.09 bits per heavy atom. The lowest BCUT2D eigenvalue weighted by molar-refractivity contribution is -0.143. The van der Waals surface area contributed by atoms with Gasteiger partial charge in [0.15, 0.2) is 11.5 Å². The van der Waals surface area contributed by atoms with Crippen molar-refractivity contribution in [3.8, 4) is 11.5 Å². The van der Waals surface area contributed by atoms with Gasteiger partial charge in [-0.2, -0.15) is 0 Å². The van der Waals surface area contributed by atoms with Gasteiger partial charge in [-0.1, -0.05) is 0 Å². The fourth-order valence-electron chi connectivity index (χ4n) is 3.15. The monoisotopic (exact) mass is 317 g/mol. The zero-order chi connectivity index (χ0) is 16.0. The van der Waals surface area contributed by atoms with Crippen LogP contribution in [0.2, 0.25) is 0 Å². The Morgan fingerprint density at radius 3 is 2.91 bits per heavy atom. The maximum Gasteiger partial charge on any atom is 0.251 e. The average Bonchev–Trinajstić information content (AvgIpc) is 3.17. The average molecular weight is 317 g/mol. The first kappa shape index (κ1) is 13.9. The number of hydrogen-bond acceptors (Lipinski definition) is 5. The highest BCUT2D eigenvalue weighted by molar-refractivity contribution is 5.97. The molecule has 8 heteroatoms. The molecule has 0 spiro atoms. The van der Waals surface area contributed by atoms with Crippen LogP contribution in [0.4, 0.5) is 0 Å². The molecular formula is C15H15N3O5. The summed E-state index contributed by atoms with van der Waals surface area (Å²) in [5.41, 5.74) is 0.454. The van der Waals surface area contributed by atoms with Gasteiger partial charge in [-0.25, -0.2) is 0 Å². The number of piperazine rings is 1. The Kier molecular flexibility index (Phi) is 3.10.